The largest absolute Gasteiger partial charge is 0.467 e. The van der Waals surface area contributed by atoms with Gasteiger partial charge in [0.05, 0.1) is 25.0 Å². The van der Waals surface area contributed by atoms with E-state index in [1.165, 1.54) is 0 Å². The van der Waals surface area contributed by atoms with Crippen molar-refractivity contribution < 1.29 is 13.6 Å². The number of guanidine groups is 1. The Morgan fingerprint density at radius 1 is 1.24 bits per heavy atom. The number of aliphatic imine (C=N–C) groups is 1. The second kappa shape index (κ2) is 10.7. The van der Waals surface area contributed by atoms with Crippen molar-refractivity contribution in [3.05, 3.63) is 41.5 Å². The van der Waals surface area contributed by atoms with E-state index < -0.39 is 0 Å². The van der Waals surface area contributed by atoms with Crippen LogP contribution in [-0.2, 0) is 17.9 Å². The predicted octanol–water partition coefficient (Wildman–Crippen LogP) is 1.87. The number of furan rings is 1. The average molecular weight is 461 g/mol. The van der Waals surface area contributed by atoms with E-state index in [1.807, 2.05) is 20.8 Å². The molecule has 8 nitrogen and oxygen atoms in total. The number of oxazole rings is 1. The first-order valence-electron chi connectivity index (χ1n) is 7.82. The number of hydrogen-bond acceptors (Lipinski definition) is 5. The lowest BCUT2D eigenvalue weighted by atomic mass is 10.4. The Kier molecular flexibility index (Phi) is 9.03. The van der Waals surface area contributed by atoms with E-state index in [4.69, 9.17) is 8.83 Å². The number of aromatic nitrogens is 1. The number of nitrogens with zero attached hydrogens (tertiary/aromatic N) is 2. The van der Waals surface area contributed by atoms with Crippen LogP contribution in [0.2, 0.25) is 0 Å². The lowest BCUT2D eigenvalue weighted by molar-refractivity contribution is -0.119. The molecule has 0 saturated carbocycles. The minimum absolute atomic E-state index is 0. The van der Waals surface area contributed by atoms with Crippen LogP contribution in [0, 0.1) is 13.8 Å². The van der Waals surface area contributed by atoms with Gasteiger partial charge in [-0.15, -0.1) is 24.0 Å². The normalized spacial score (nSPS) is 10.9. The van der Waals surface area contributed by atoms with E-state index in [1.54, 1.807) is 18.4 Å². The molecule has 0 radical (unpaired) electrons. The number of halogens is 1. The Bertz CT molecular complexity index is 663. The van der Waals surface area contributed by atoms with Gasteiger partial charge in [0, 0.05) is 6.54 Å². The van der Waals surface area contributed by atoms with Gasteiger partial charge in [-0.1, -0.05) is 0 Å². The van der Waals surface area contributed by atoms with E-state index in [0.29, 0.717) is 37.2 Å². The van der Waals surface area contributed by atoms with Crippen LogP contribution < -0.4 is 16.0 Å². The summed E-state index contributed by atoms with van der Waals surface area (Å²) in [6.07, 6.45) is 1.57. The molecule has 1 amide bonds. The lowest BCUT2D eigenvalue weighted by Crippen LogP contribution is -2.38. The molecule has 2 aromatic rings. The maximum absolute atomic E-state index is 11.8. The van der Waals surface area contributed by atoms with Gasteiger partial charge in [0.25, 0.3) is 0 Å². The number of aryl methyl sites for hydroxylation is 2. The molecule has 0 saturated heterocycles. The van der Waals surface area contributed by atoms with Crippen LogP contribution in [0.5, 0.6) is 0 Å². The highest BCUT2D eigenvalue weighted by molar-refractivity contribution is 14.0. The number of rotatable bonds is 7. The molecule has 3 N–H and O–H groups in total. The van der Waals surface area contributed by atoms with Crippen LogP contribution in [0.4, 0.5) is 0 Å². The van der Waals surface area contributed by atoms with Crippen LogP contribution in [-0.4, -0.2) is 29.9 Å². The van der Waals surface area contributed by atoms with Crippen molar-refractivity contribution in [2.45, 2.75) is 33.9 Å². The SMILES string of the molecule is CCNC(=NCC(=O)NCc1ccco1)NCc1nc(C)c(C)o1.I. The number of nitrogens with one attached hydrogen (secondary N) is 3. The standard InChI is InChI=1S/C16H23N5O3.HI/c1-4-17-16(20-10-15-21-11(2)12(3)24-15)19-9-14(22)18-8-13-6-5-7-23-13;/h5-7H,4,8-10H2,1-3H3,(H,18,22)(H2,17,19,20);1H. The molecule has 0 bridgehead atoms. The van der Waals surface area contributed by atoms with Gasteiger partial charge in [-0.25, -0.2) is 9.98 Å². The molecule has 25 heavy (non-hydrogen) atoms. The van der Waals surface area contributed by atoms with Gasteiger partial charge in [0.1, 0.15) is 18.1 Å². The first-order valence-corrected chi connectivity index (χ1v) is 7.82. The smallest absolute Gasteiger partial charge is 0.242 e. The average Bonchev–Trinajstić information content (AvgIpc) is 3.18. The highest BCUT2D eigenvalue weighted by Gasteiger charge is 2.07. The molecule has 2 rings (SSSR count). The van der Waals surface area contributed by atoms with Gasteiger partial charge in [-0.05, 0) is 32.9 Å². The fraction of sp³-hybridized carbons (Fsp3) is 0.438. The molecule has 9 heteroatoms. The van der Waals surface area contributed by atoms with Gasteiger partial charge < -0.3 is 24.8 Å². The van der Waals surface area contributed by atoms with E-state index in [2.05, 4.69) is 25.9 Å². The minimum atomic E-state index is -0.189. The summed E-state index contributed by atoms with van der Waals surface area (Å²) in [5.41, 5.74) is 0.867. The monoisotopic (exact) mass is 461 g/mol. The third-order valence-corrected chi connectivity index (χ3v) is 3.24. The van der Waals surface area contributed by atoms with E-state index in [-0.39, 0.29) is 36.4 Å². The fourth-order valence-corrected chi connectivity index (χ4v) is 1.92. The van der Waals surface area contributed by atoms with E-state index >= 15 is 0 Å². The van der Waals surface area contributed by atoms with Crippen molar-refractivity contribution >= 4 is 35.8 Å². The highest BCUT2D eigenvalue weighted by atomic mass is 127. The molecule has 2 heterocycles. The zero-order chi connectivity index (χ0) is 17.4. The molecule has 0 unspecified atom stereocenters. The summed E-state index contributed by atoms with van der Waals surface area (Å²) < 4.78 is 10.7. The first-order chi connectivity index (χ1) is 11.6. The summed E-state index contributed by atoms with van der Waals surface area (Å²) in [5, 5.41) is 8.90. The van der Waals surface area contributed by atoms with Gasteiger partial charge >= 0.3 is 0 Å². The Morgan fingerprint density at radius 2 is 2.04 bits per heavy atom. The Balaban J connectivity index is 0.00000312. The van der Waals surface area contributed by atoms with Crippen LogP contribution >= 0.6 is 24.0 Å². The molecule has 2 aromatic heterocycles. The quantitative estimate of drug-likeness (QED) is 0.331. The van der Waals surface area contributed by atoms with Gasteiger partial charge in [0.2, 0.25) is 11.8 Å². The Hall–Kier alpha value is -2.04. The summed E-state index contributed by atoms with van der Waals surface area (Å²) in [7, 11) is 0. The summed E-state index contributed by atoms with van der Waals surface area (Å²) in [5.74, 6) is 2.42. The van der Waals surface area contributed by atoms with Gasteiger partial charge in [-0.3, -0.25) is 4.79 Å². The highest BCUT2D eigenvalue weighted by Crippen LogP contribution is 2.07. The summed E-state index contributed by atoms with van der Waals surface area (Å²) in [6.45, 7) is 7.16. The Labute approximate surface area is 163 Å². The molecule has 0 aliphatic heterocycles. The molecular weight excluding hydrogens is 437 g/mol. The molecule has 0 aliphatic rings. The van der Waals surface area contributed by atoms with Crippen molar-refractivity contribution in [2.24, 2.45) is 4.99 Å². The molecule has 138 valence electrons. The van der Waals surface area contributed by atoms with Crippen molar-refractivity contribution in [3.63, 3.8) is 0 Å². The summed E-state index contributed by atoms with van der Waals surface area (Å²) >= 11 is 0. The molecule has 0 aromatic carbocycles. The molecule has 0 aliphatic carbocycles. The summed E-state index contributed by atoms with van der Waals surface area (Å²) in [6, 6.07) is 3.58. The number of amides is 1. The predicted molar refractivity (Wildman–Crippen MR) is 105 cm³/mol. The molecule has 0 fully saturated rings. The third-order valence-electron chi connectivity index (χ3n) is 3.24. The van der Waals surface area contributed by atoms with Crippen LogP contribution in [0.15, 0.2) is 32.2 Å². The van der Waals surface area contributed by atoms with Crippen LogP contribution in [0.3, 0.4) is 0 Å². The Morgan fingerprint density at radius 3 is 2.64 bits per heavy atom. The second-order valence-electron chi connectivity index (χ2n) is 5.15. The number of carbonyl (C=O) groups is 1. The fourth-order valence-electron chi connectivity index (χ4n) is 1.92. The maximum atomic E-state index is 11.8. The van der Waals surface area contributed by atoms with Gasteiger partial charge in [0.15, 0.2) is 5.96 Å². The lowest BCUT2D eigenvalue weighted by Gasteiger charge is -2.09. The van der Waals surface area contributed by atoms with Gasteiger partial charge in [-0.2, -0.15) is 0 Å². The van der Waals surface area contributed by atoms with Crippen LogP contribution in [0.1, 0.15) is 30.0 Å². The zero-order valence-electron chi connectivity index (χ0n) is 14.6. The first kappa shape index (κ1) is 21.0. The van der Waals surface area contributed by atoms with Crippen molar-refractivity contribution in [1.29, 1.82) is 0 Å². The van der Waals surface area contributed by atoms with Crippen molar-refractivity contribution in [3.8, 4) is 0 Å². The minimum Gasteiger partial charge on any atom is -0.467 e. The maximum Gasteiger partial charge on any atom is 0.242 e. The van der Waals surface area contributed by atoms with Crippen molar-refractivity contribution in [2.75, 3.05) is 13.1 Å². The third kappa shape index (κ3) is 7.16. The molecule has 0 atom stereocenters. The number of hydrogen-bond donors (Lipinski definition) is 3. The van der Waals surface area contributed by atoms with Crippen LogP contribution in [0.25, 0.3) is 0 Å². The summed E-state index contributed by atoms with van der Waals surface area (Å²) in [4.78, 5) is 20.4. The number of carbonyl (C=O) groups excluding carboxylic acids is 1. The molecule has 0 spiro atoms. The van der Waals surface area contributed by atoms with E-state index in [9.17, 15) is 4.79 Å². The molecular formula is C16H24IN5O3. The zero-order valence-corrected chi connectivity index (χ0v) is 16.9. The van der Waals surface area contributed by atoms with Crippen molar-refractivity contribution in [1.82, 2.24) is 20.9 Å². The van der Waals surface area contributed by atoms with E-state index in [0.717, 1.165) is 11.5 Å². The topological polar surface area (TPSA) is 105 Å². The second-order valence-corrected chi connectivity index (χ2v) is 5.15.